The van der Waals surface area contributed by atoms with Crippen LogP contribution in [-0.2, 0) is 15.7 Å². The van der Waals surface area contributed by atoms with Gasteiger partial charge in [0.2, 0.25) is 5.60 Å². The number of halogens is 3. The van der Waals surface area contributed by atoms with Gasteiger partial charge in [-0.15, -0.1) is 0 Å². The molecule has 0 amide bonds. The third-order valence-corrected chi connectivity index (χ3v) is 4.17. The molecule has 0 aromatic heterocycles. The monoisotopic (exact) mass is 364 g/mol. The topological polar surface area (TPSA) is 52.6 Å². The van der Waals surface area contributed by atoms with Gasteiger partial charge in [-0.05, 0) is 36.4 Å². The molecule has 0 aliphatic heterocycles. The maximum Gasteiger partial charge on any atom is 0.416 e. The lowest BCUT2D eigenvalue weighted by Crippen LogP contribution is -2.30. The Labute approximate surface area is 147 Å². The molecule has 0 saturated heterocycles. The molecule has 0 spiro atoms. The second-order valence-corrected chi connectivity index (χ2v) is 6.02. The fourth-order valence-electron chi connectivity index (χ4n) is 2.52. The van der Waals surface area contributed by atoms with Crippen LogP contribution in [0, 0.1) is 0 Å². The molecule has 2 aromatic rings. The molecule has 1 aliphatic rings. The predicted octanol–water partition coefficient (Wildman–Crippen LogP) is 4.02. The molecule has 1 fully saturated rings. The fraction of sp³-hybridized carbons (Fsp3) is 0.263. The van der Waals surface area contributed by atoms with Crippen LogP contribution in [0.15, 0.2) is 48.5 Å². The van der Waals surface area contributed by atoms with E-state index in [9.17, 15) is 22.8 Å². The molecule has 7 heteroatoms. The lowest BCUT2D eigenvalue weighted by Gasteiger charge is -2.15. The normalized spacial score (nSPS) is 15.2. The summed E-state index contributed by atoms with van der Waals surface area (Å²) in [5.41, 5.74) is -1.30. The largest absolute Gasteiger partial charge is 0.476 e. The highest BCUT2D eigenvalue weighted by atomic mass is 19.4. The van der Waals surface area contributed by atoms with E-state index in [1.807, 2.05) is 0 Å². The van der Waals surface area contributed by atoms with Gasteiger partial charge in [-0.1, -0.05) is 12.1 Å². The summed E-state index contributed by atoms with van der Waals surface area (Å²) in [6.07, 6.45) is -3.32. The van der Waals surface area contributed by atoms with Crippen LogP contribution in [-0.4, -0.2) is 24.5 Å². The zero-order chi connectivity index (χ0) is 18.9. The Morgan fingerprint density at radius 3 is 1.85 bits per heavy atom. The Morgan fingerprint density at radius 2 is 1.42 bits per heavy atom. The number of hydrogen-bond donors (Lipinski definition) is 0. The molecular weight excluding hydrogens is 349 g/mol. The summed E-state index contributed by atoms with van der Waals surface area (Å²) in [5, 5.41) is 0. The van der Waals surface area contributed by atoms with Crippen LogP contribution in [0.3, 0.4) is 0 Å². The summed E-state index contributed by atoms with van der Waals surface area (Å²) in [6, 6.07) is 10.1. The van der Waals surface area contributed by atoms with Crippen LogP contribution in [0.1, 0.15) is 34.3 Å². The van der Waals surface area contributed by atoms with Gasteiger partial charge in [-0.2, -0.15) is 13.2 Å². The van der Waals surface area contributed by atoms with E-state index in [1.54, 1.807) is 12.1 Å². The Hall–Kier alpha value is -2.83. The van der Waals surface area contributed by atoms with Gasteiger partial charge >= 0.3 is 12.1 Å². The van der Waals surface area contributed by atoms with Crippen LogP contribution < -0.4 is 4.74 Å². The highest BCUT2D eigenvalue weighted by Crippen LogP contribution is 2.41. The molecule has 4 nitrogen and oxygen atoms in total. The van der Waals surface area contributed by atoms with Crippen molar-refractivity contribution in [3.8, 4) is 5.75 Å². The van der Waals surface area contributed by atoms with Crippen molar-refractivity contribution in [1.29, 1.82) is 0 Å². The molecule has 2 aromatic carbocycles. The zero-order valence-electron chi connectivity index (χ0n) is 13.8. The van der Waals surface area contributed by atoms with Gasteiger partial charge < -0.3 is 9.47 Å². The van der Waals surface area contributed by atoms with Crippen LogP contribution in [0.25, 0.3) is 0 Å². The number of ketones is 1. The second-order valence-electron chi connectivity index (χ2n) is 6.02. The minimum absolute atomic E-state index is 0.153. The number of rotatable bonds is 5. The van der Waals surface area contributed by atoms with Crippen molar-refractivity contribution in [1.82, 2.24) is 0 Å². The number of alkyl halides is 3. The predicted molar refractivity (Wildman–Crippen MR) is 85.9 cm³/mol. The molecule has 26 heavy (non-hydrogen) atoms. The van der Waals surface area contributed by atoms with Gasteiger partial charge in [0.05, 0.1) is 12.7 Å². The third kappa shape index (κ3) is 3.56. The summed E-state index contributed by atoms with van der Waals surface area (Å²) in [6.45, 7) is 0. The van der Waals surface area contributed by atoms with E-state index in [0.29, 0.717) is 24.2 Å². The summed E-state index contributed by atoms with van der Waals surface area (Å²) >= 11 is 0. The van der Waals surface area contributed by atoms with Crippen molar-refractivity contribution in [2.75, 3.05) is 7.11 Å². The molecule has 0 heterocycles. The first-order valence-corrected chi connectivity index (χ1v) is 7.85. The van der Waals surface area contributed by atoms with Crippen molar-refractivity contribution < 1.29 is 32.2 Å². The Kier molecular flexibility index (Phi) is 4.48. The van der Waals surface area contributed by atoms with Crippen LogP contribution >= 0.6 is 0 Å². The highest BCUT2D eigenvalue weighted by molar-refractivity contribution is 6.09. The number of ether oxygens (including phenoxy) is 2. The first-order chi connectivity index (χ1) is 12.2. The summed E-state index contributed by atoms with van der Waals surface area (Å²) in [4.78, 5) is 24.1. The SMILES string of the molecule is COC(=O)C1(Oc2ccc(C(=O)c3ccc(C(F)(F)F)cc3)cc2)CC1. The van der Waals surface area contributed by atoms with Crippen molar-refractivity contribution in [3.05, 3.63) is 65.2 Å². The van der Waals surface area contributed by atoms with E-state index in [-0.39, 0.29) is 5.56 Å². The van der Waals surface area contributed by atoms with Crippen molar-refractivity contribution in [3.63, 3.8) is 0 Å². The van der Waals surface area contributed by atoms with E-state index in [0.717, 1.165) is 24.3 Å². The molecule has 1 saturated carbocycles. The molecule has 0 radical (unpaired) electrons. The van der Waals surface area contributed by atoms with Gasteiger partial charge in [-0.3, -0.25) is 4.79 Å². The van der Waals surface area contributed by atoms with E-state index >= 15 is 0 Å². The van der Waals surface area contributed by atoms with Gasteiger partial charge in [-0.25, -0.2) is 4.79 Å². The molecular formula is C19H15F3O4. The third-order valence-electron chi connectivity index (χ3n) is 4.17. The fourth-order valence-corrected chi connectivity index (χ4v) is 2.52. The van der Waals surface area contributed by atoms with Crippen molar-refractivity contribution >= 4 is 11.8 Å². The van der Waals surface area contributed by atoms with E-state index in [1.165, 1.54) is 19.2 Å². The maximum absolute atomic E-state index is 12.6. The summed E-state index contributed by atoms with van der Waals surface area (Å²) in [5.74, 6) is -0.432. The van der Waals surface area contributed by atoms with E-state index in [2.05, 4.69) is 0 Å². The second kappa shape index (κ2) is 6.48. The first kappa shape index (κ1) is 18.0. The summed E-state index contributed by atoms with van der Waals surface area (Å²) in [7, 11) is 1.29. The lowest BCUT2D eigenvalue weighted by molar-refractivity contribution is -0.151. The van der Waals surface area contributed by atoms with Gasteiger partial charge in [0.15, 0.2) is 5.78 Å². The van der Waals surface area contributed by atoms with Crippen LogP contribution in [0.2, 0.25) is 0 Å². The van der Waals surface area contributed by atoms with Crippen LogP contribution in [0.4, 0.5) is 13.2 Å². The first-order valence-electron chi connectivity index (χ1n) is 7.85. The molecule has 0 atom stereocenters. The van der Waals surface area contributed by atoms with E-state index < -0.39 is 29.1 Å². The van der Waals surface area contributed by atoms with Crippen LogP contribution in [0.5, 0.6) is 5.75 Å². The number of esters is 1. The number of benzene rings is 2. The molecule has 0 N–H and O–H groups in total. The zero-order valence-corrected chi connectivity index (χ0v) is 13.8. The highest BCUT2D eigenvalue weighted by Gasteiger charge is 2.54. The average Bonchev–Trinajstić information content (AvgIpc) is 3.41. The smallest absolute Gasteiger partial charge is 0.416 e. The Bertz CT molecular complexity index is 819. The molecule has 3 rings (SSSR count). The lowest BCUT2D eigenvalue weighted by atomic mass is 10.0. The Balaban J connectivity index is 1.72. The number of carbonyl (C=O) groups is 2. The number of hydrogen-bond acceptors (Lipinski definition) is 4. The average molecular weight is 364 g/mol. The van der Waals surface area contributed by atoms with Gasteiger partial charge in [0.1, 0.15) is 5.75 Å². The number of carbonyl (C=O) groups excluding carboxylic acids is 2. The standard InChI is InChI=1S/C19H15F3O4/c1-25-17(24)18(10-11-18)26-15-8-4-13(5-9-15)16(23)12-2-6-14(7-3-12)19(20,21)22/h2-9H,10-11H2,1H3. The maximum atomic E-state index is 12.6. The minimum atomic E-state index is -4.45. The Morgan fingerprint density at radius 1 is 0.923 bits per heavy atom. The van der Waals surface area contributed by atoms with Gasteiger partial charge in [0.25, 0.3) is 0 Å². The molecule has 136 valence electrons. The number of methoxy groups -OCH3 is 1. The minimum Gasteiger partial charge on any atom is -0.476 e. The summed E-state index contributed by atoms with van der Waals surface area (Å²) < 4.78 is 48.1. The quantitative estimate of drug-likeness (QED) is 0.594. The molecule has 0 bridgehead atoms. The van der Waals surface area contributed by atoms with Gasteiger partial charge in [0, 0.05) is 24.0 Å². The molecule has 0 unspecified atom stereocenters. The van der Waals surface area contributed by atoms with Crippen molar-refractivity contribution in [2.24, 2.45) is 0 Å². The van der Waals surface area contributed by atoms with E-state index in [4.69, 9.17) is 9.47 Å². The molecule has 1 aliphatic carbocycles. The van der Waals surface area contributed by atoms with Crippen molar-refractivity contribution in [2.45, 2.75) is 24.6 Å².